The van der Waals surface area contributed by atoms with E-state index in [1.54, 1.807) is 13.2 Å². The van der Waals surface area contributed by atoms with Crippen LogP contribution in [0.15, 0.2) is 40.1 Å². The van der Waals surface area contributed by atoms with Crippen molar-refractivity contribution in [1.29, 1.82) is 0 Å². The van der Waals surface area contributed by atoms with Crippen LogP contribution in [0.1, 0.15) is 12.5 Å². The van der Waals surface area contributed by atoms with Crippen LogP contribution in [0.4, 0.5) is 11.6 Å². The number of benzene rings is 1. The standard InChI is InChI=1S/C18H18N6O2/c1-4-10-9-19-15-13(16(25)24(3)18(26)23(15)2)14(10)22-17-20-11-7-5-6-8-12(11)21-17/h5-9H,4H2,1-3H3,(H2,19,20,21,22). The van der Waals surface area contributed by atoms with Gasteiger partial charge in [0.2, 0.25) is 5.95 Å². The SMILES string of the molecule is CCc1cnc2c(c1Nc1nc3ccccc3[nH]1)c(=O)n(C)c(=O)n2C. The maximum Gasteiger partial charge on any atom is 0.332 e. The van der Waals surface area contributed by atoms with E-state index in [2.05, 4.69) is 20.3 Å². The van der Waals surface area contributed by atoms with Crippen LogP contribution in [-0.4, -0.2) is 24.1 Å². The molecule has 26 heavy (non-hydrogen) atoms. The summed E-state index contributed by atoms with van der Waals surface area (Å²) in [6.07, 6.45) is 2.36. The number of anilines is 2. The molecule has 0 aliphatic heterocycles. The fourth-order valence-corrected chi connectivity index (χ4v) is 3.11. The molecular weight excluding hydrogens is 332 g/mol. The number of aromatic nitrogens is 5. The number of imidazole rings is 1. The Morgan fingerprint density at radius 1 is 1.15 bits per heavy atom. The molecule has 8 nitrogen and oxygen atoms in total. The Labute approximate surface area is 148 Å². The Morgan fingerprint density at radius 3 is 2.65 bits per heavy atom. The molecule has 1 aromatic carbocycles. The van der Waals surface area contributed by atoms with Gasteiger partial charge in [0.25, 0.3) is 5.56 Å². The molecule has 3 aromatic heterocycles. The lowest BCUT2D eigenvalue weighted by Gasteiger charge is -2.14. The lowest BCUT2D eigenvalue weighted by Crippen LogP contribution is -2.37. The van der Waals surface area contributed by atoms with Crippen LogP contribution in [0.3, 0.4) is 0 Å². The van der Waals surface area contributed by atoms with Crippen LogP contribution >= 0.6 is 0 Å². The molecule has 0 amide bonds. The smallest absolute Gasteiger partial charge is 0.325 e. The summed E-state index contributed by atoms with van der Waals surface area (Å²) in [5.74, 6) is 0.532. The molecule has 4 rings (SSSR count). The molecule has 4 aromatic rings. The third-order valence-corrected chi connectivity index (χ3v) is 4.56. The van der Waals surface area contributed by atoms with E-state index in [9.17, 15) is 9.59 Å². The van der Waals surface area contributed by atoms with Crippen LogP contribution in [0.5, 0.6) is 0 Å². The van der Waals surface area contributed by atoms with Crippen LogP contribution in [0.25, 0.3) is 22.1 Å². The van der Waals surface area contributed by atoms with Crippen molar-refractivity contribution in [3.05, 3.63) is 56.9 Å². The van der Waals surface area contributed by atoms with Crippen molar-refractivity contribution in [2.75, 3.05) is 5.32 Å². The maximum atomic E-state index is 12.8. The number of aryl methyl sites for hydroxylation is 2. The highest BCUT2D eigenvalue weighted by atomic mass is 16.2. The monoisotopic (exact) mass is 350 g/mol. The molecule has 132 valence electrons. The number of hydrogen-bond donors (Lipinski definition) is 2. The molecule has 3 heterocycles. The first-order chi connectivity index (χ1) is 12.5. The Kier molecular flexibility index (Phi) is 3.61. The summed E-state index contributed by atoms with van der Waals surface area (Å²) in [5.41, 5.74) is 2.76. The first kappa shape index (κ1) is 16.1. The zero-order chi connectivity index (χ0) is 18.4. The largest absolute Gasteiger partial charge is 0.332 e. The molecule has 0 bridgehead atoms. The van der Waals surface area contributed by atoms with E-state index in [4.69, 9.17) is 0 Å². The third kappa shape index (κ3) is 2.30. The molecule has 0 fully saturated rings. The van der Waals surface area contributed by atoms with Gasteiger partial charge in [0.05, 0.1) is 16.7 Å². The van der Waals surface area contributed by atoms with Gasteiger partial charge in [0.1, 0.15) is 5.39 Å². The summed E-state index contributed by atoms with van der Waals surface area (Å²) in [6, 6.07) is 7.68. The zero-order valence-corrected chi connectivity index (χ0v) is 14.7. The minimum atomic E-state index is -0.408. The normalized spacial score (nSPS) is 11.3. The van der Waals surface area contributed by atoms with Gasteiger partial charge in [-0.1, -0.05) is 19.1 Å². The lowest BCUT2D eigenvalue weighted by molar-refractivity contribution is 0.707. The van der Waals surface area contributed by atoms with Gasteiger partial charge in [-0.05, 0) is 24.1 Å². The van der Waals surface area contributed by atoms with Crippen LogP contribution < -0.4 is 16.6 Å². The fraction of sp³-hybridized carbons (Fsp3) is 0.222. The van der Waals surface area contributed by atoms with Crippen molar-refractivity contribution < 1.29 is 0 Å². The van der Waals surface area contributed by atoms with Crippen molar-refractivity contribution in [3.8, 4) is 0 Å². The second-order valence-corrected chi connectivity index (χ2v) is 6.14. The average molecular weight is 350 g/mol. The molecule has 0 saturated carbocycles. The molecule has 8 heteroatoms. The molecule has 0 aliphatic carbocycles. The van der Waals surface area contributed by atoms with E-state index in [1.807, 2.05) is 31.2 Å². The quantitative estimate of drug-likeness (QED) is 0.587. The van der Waals surface area contributed by atoms with Gasteiger partial charge in [0, 0.05) is 20.3 Å². The van der Waals surface area contributed by atoms with Crippen LogP contribution in [0, 0.1) is 0 Å². The highest BCUT2D eigenvalue weighted by Gasteiger charge is 2.17. The highest BCUT2D eigenvalue weighted by Crippen LogP contribution is 2.26. The topological polar surface area (TPSA) is 97.6 Å². The van der Waals surface area contributed by atoms with Gasteiger partial charge < -0.3 is 10.3 Å². The number of aromatic amines is 1. The van der Waals surface area contributed by atoms with Gasteiger partial charge in [-0.3, -0.25) is 13.9 Å². The van der Waals surface area contributed by atoms with Gasteiger partial charge in [-0.2, -0.15) is 0 Å². The van der Waals surface area contributed by atoms with Gasteiger partial charge >= 0.3 is 5.69 Å². The van der Waals surface area contributed by atoms with Gasteiger partial charge in [-0.25, -0.2) is 14.8 Å². The van der Waals surface area contributed by atoms with E-state index in [0.717, 1.165) is 21.2 Å². The molecule has 0 atom stereocenters. The lowest BCUT2D eigenvalue weighted by atomic mass is 10.1. The molecular formula is C18H18N6O2. The predicted octanol–water partition coefficient (Wildman–Crippen LogP) is 1.81. The number of H-pyrrole nitrogens is 1. The van der Waals surface area contributed by atoms with Crippen molar-refractivity contribution >= 4 is 33.7 Å². The number of para-hydroxylation sites is 2. The number of hydrogen-bond acceptors (Lipinski definition) is 5. The summed E-state index contributed by atoms with van der Waals surface area (Å²) in [6.45, 7) is 1.99. The van der Waals surface area contributed by atoms with Crippen molar-refractivity contribution in [2.24, 2.45) is 14.1 Å². The first-order valence-corrected chi connectivity index (χ1v) is 8.30. The van der Waals surface area contributed by atoms with Gasteiger partial charge in [0.15, 0.2) is 5.65 Å². The fourth-order valence-electron chi connectivity index (χ4n) is 3.11. The summed E-state index contributed by atoms with van der Waals surface area (Å²) in [5, 5.41) is 3.61. The van der Waals surface area contributed by atoms with Crippen molar-refractivity contribution in [1.82, 2.24) is 24.1 Å². The number of pyridine rings is 1. The summed E-state index contributed by atoms with van der Waals surface area (Å²) >= 11 is 0. The Balaban J connectivity index is 2.01. The number of nitrogens with one attached hydrogen (secondary N) is 2. The maximum absolute atomic E-state index is 12.8. The van der Waals surface area contributed by atoms with E-state index < -0.39 is 5.69 Å². The predicted molar refractivity (Wildman–Crippen MR) is 101 cm³/mol. The number of nitrogens with zero attached hydrogens (tertiary/aromatic N) is 4. The molecule has 2 N–H and O–H groups in total. The van der Waals surface area contributed by atoms with Crippen molar-refractivity contribution in [3.63, 3.8) is 0 Å². The Bertz CT molecular complexity index is 1230. The van der Waals surface area contributed by atoms with Crippen molar-refractivity contribution in [2.45, 2.75) is 13.3 Å². The second kappa shape index (κ2) is 5.83. The summed E-state index contributed by atoms with van der Waals surface area (Å²) < 4.78 is 2.47. The molecule has 0 radical (unpaired) electrons. The molecule has 0 spiro atoms. The van der Waals surface area contributed by atoms with E-state index in [0.29, 0.717) is 29.1 Å². The minimum Gasteiger partial charge on any atom is -0.325 e. The minimum absolute atomic E-state index is 0.342. The summed E-state index contributed by atoms with van der Waals surface area (Å²) in [4.78, 5) is 37.0. The zero-order valence-electron chi connectivity index (χ0n) is 14.7. The number of fused-ring (bicyclic) bond motifs is 2. The Hall–Kier alpha value is -3.42. The molecule has 0 unspecified atom stereocenters. The Morgan fingerprint density at radius 2 is 1.92 bits per heavy atom. The first-order valence-electron chi connectivity index (χ1n) is 8.30. The molecule has 0 saturated heterocycles. The van der Waals surface area contributed by atoms with E-state index >= 15 is 0 Å². The van der Waals surface area contributed by atoms with Gasteiger partial charge in [-0.15, -0.1) is 0 Å². The summed E-state index contributed by atoms with van der Waals surface area (Å²) in [7, 11) is 3.07. The van der Waals surface area contributed by atoms with E-state index in [1.165, 1.54) is 11.6 Å². The average Bonchev–Trinajstić information content (AvgIpc) is 3.06. The van der Waals surface area contributed by atoms with Crippen LogP contribution in [-0.2, 0) is 20.5 Å². The molecule has 0 aliphatic rings. The highest BCUT2D eigenvalue weighted by molar-refractivity contribution is 5.92. The van der Waals surface area contributed by atoms with E-state index in [-0.39, 0.29) is 5.56 Å². The third-order valence-electron chi connectivity index (χ3n) is 4.56. The number of rotatable bonds is 3. The van der Waals surface area contributed by atoms with Crippen LogP contribution in [0.2, 0.25) is 0 Å². The second-order valence-electron chi connectivity index (χ2n) is 6.14.